The van der Waals surface area contributed by atoms with Gasteiger partial charge in [-0.1, -0.05) is 32.4 Å². The van der Waals surface area contributed by atoms with Crippen molar-refractivity contribution in [1.29, 1.82) is 0 Å². The molecule has 2 nitrogen and oxygen atoms in total. The highest BCUT2D eigenvalue weighted by molar-refractivity contribution is 6.30. The van der Waals surface area contributed by atoms with Gasteiger partial charge in [0, 0.05) is 37.8 Å². The van der Waals surface area contributed by atoms with Gasteiger partial charge >= 0.3 is 6.18 Å². The second kappa shape index (κ2) is 9.09. The van der Waals surface area contributed by atoms with Crippen LogP contribution in [0, 0.1) is 11.2 Å². The normalized spacial score (nSPS) is 17.4. The highest BCUT2D eigenvalue weighted by Gasteiger charge is 2.43. The van der Waals surface area contributed by atoms with Crippen molar-refractivity contribution >= 4 is 36.4 Å². The van der Waals surface area contributed by atoms with Crippen LogP contribution in [0.3, 0.4) is 0 Å². The summed E-state index contributed by atoms with van der Waals surface area (Å²) in [6.07, 6.45) is -4.63. The molecule has 0 aromatic heterocycles. The predicted molar refractivity (Wildman–Crippen MR) is 97.5 cm³/mol. The zero-order valence-electron chi connectivity index (χ0n) is 14.2. The molecule has 1 aliphatic heterocycles. The molecule has 1 aromatic rings. The lowest BCUT2D eigenvalue weighted by atomic mass is 9.79. The van der Waals surface area contributed by atoms with Crippen LogP contribution in [0.5, 0.6) is 0 Å². The first-order valence-electron chi connectivity index (χ1n) is 7.53. The Bertz CT molecular complexity index is 568. The zero-order chi connectivity index (χ0) is 17.4. The number of hydrogen-bond acceptors (Lipinski definition) is 2. The average molecular weight is 426 g/mol. The van der Waals surface area contributed by atoms with Crippen LogP contribution in [-0.2, 0) is 6.18 Å². The maximum absolute atomic E-state index is 14.7. The minimum Gasteiger partial charge on any atom is -0.314 e. The van der Waals surface area contributed by atoms with E-state index in [1.807, 2.05) is 25.7 Å². The molecule has 25 heavy (non-hydrogen) atoms. The van der Waals surface area contributed by atoms with Crippen LogP contribution in [0.4, 0.5) is 17.6 Å². The Balaban J connectivity index is 0.00000288. The Morgan fingerprint density at radius 3 is 2.04 bits per heavy atom. The van der Waals surface area contributed by atoms with Crippen LogP contribution in [0.15, 0.2) is 12.1 Å². The maximum Gasteiger partial charge on any atom is 0.416 e. The second-order valence-corrected chi connectivity index (χ2v) is 7.28. The molecule has 0 aliphatic carbocycles. The van der Waals surface area contributed by atoms with Gasteiger partial charge in [0.05, 0.1) is 10.6 Å². The lowest BCUT2D eigenvalue weighted by Crippen LogP contribution is -2.49. The molecule has 0 saturated carbocycles. The van der Waals surface area contributed by atoms with Crippen LogP contribution in [-0.4, -0.2) is 31.1 Å². The first kappa shape index (κ1) is 24.7. The van der Waals surface area contributed by atoms with Gasteiger partial charge in [0.1, 0.15) is 5.82 Å². The molecule has 0 spiro atoms. The minimum absolute atomic E-state index is 0. The van der Waals surface area contributed by atoms with Crippen molar-refractivity contribution in [3.05, 3.63) is 34.1 Å². The fourth-order valence-corrected chi connectivity index (χ4v) is 3.35. The van der Waals surface area contributed by atoms with Gasteiger partial charge in [-0.2, -0.15) is 13.2 Å². The molecule has 1 fully saturated rings. The number of halogens is 7. The fourth-order valence-electron chi connectivity index (χ4n) is 3.18. The summed E-state index contributed by atoms with van der Waals surface area (Å²) in [5.74, 6) is -0.972. The first-order valence-corrected chi connectivity index (χ1v) is 7.91. The zero-order valence-corrected chi connectivity index (χ0v) is 16.6. The molecule has 146 valence electrons. The summed E-state index contributed by atoms with van der Waals surface area (Å²) in [4.78, 5) is 1.90. The van der Waals surface area contributed by atoms with Crippen LogP contribution < -0.4 is 5.32 Å². The number of benzene rings is 1. The lowest BCUT2D eigenvalue weighted by molar-refractivity contribution is -0.139. The molecule has 1 atom stereocenters. The van der Waals surface area contributed by atoms with Gasteiger partial charge in [0.15, 0.2) is 0 Å². The highest BCUT2D eigenvalue weighted by atomic mass is 35.5. The number of alkyl halides is 3. The van der Waals surface area contributed by atoms with Crippen molar-refractivity contribution in [2.45, 2.75) is 33.0 Å². The van der Waals surface area contributed by atoms with E-state index in [-0.39, 0.29) is 35.4 Å². The highest BCUT2D eigenvalue weighted by Crippen LogP contribution is 2.46. The van der Waals surface area contributed by atoms with Crippen LogP contribution in [0.25, 0.3) is 0 Å². The number of rotatable bonds is 2. The molecule has 0 radical (unpaired) electrons. The van der Waals surface area contributed by atoms with Gasteiger partial charge in [0.25, 0.3) is 0 Å². The van der Waals surface area contributed by atoms with Crippen molar-refractivity contribution in [1.82, 2.24) is 10.2 Å². The Labute approximate surface area is 163 Å². The maximum atomic E-state index is 14.7. The summed E-state index contributed by atoms with van der Waals surface area (Å²) in [6, 6.07) is 1.14. The first-order chi connectivity index (χ1) is 10.5. The SMILES string of the molecule is CC(C)(C)[C@H](c1c(C(F)(F)F)ccc(Cl)c1F)N1CCNCC1.Cl.Cl. The average Bonchev–Trinajstić information content (AvgIpc) is 2.42. The topological polar surface area (TPSA) is 15.3 Å². The molecular formula is C16H23Cl3F4N2. The van der Waals surface area contributed by atoms with E-state index < -0.39 is 29.0 Å². The van der Waals surface area contributed by atoms with E-state index >= 15 is 0 Å². The summed E-state index contributed by atoms with van der Waals surface area (Å²) in [7, 11) is 0. The second-order valence-electron chi connectivity index (χ2n) is 6.87. The van der Waals surface area contributed by atoms with Gasteiger partial charge in [-0.05, 0) is 17.5 Å². The van der Waals surface area contributed by atoms with E-state index in [0.717, 1.165) is 12.1 Å². The molecule has 1 saturated heterocycles. The van der Waals surface area contributed by atoms with E-state index in [9.17, 15) is 17.6 Å². The Kier molecular flexibility index (Phi) is 8.99. The third-order valence-electron chi connectivity index (χ3n) is 4.05. The third-order valence-corrected chi connectivity index (χ3v) is 4.34. The molecule has 2 rings (SSSR count). The number of nitrogens with zero attached hydrogens (tertiary/aromatic N) is 1. The molecule has 1 aromatic carbocycles. The van der Waals surface area contributed by atoms with Gasteiger partial charge in [0.2, 0.25) is 0 Å². The van der Waals surface area contributed by atoms with E-state index in [4.69, 9.17) is 11.6 Å². The minimum atomic E-state index is -4.63. The molecular weight excluding hydrogens is 403 g/mol. The molecule has 0 bridgehead atoms. The number of hydrogen-bond donors (Lipinski definition) is 1. The van der Waals surface area contributed by atoms with E-state index in [1.54, 1.807) is 0 Å². The Hall–Kier alpha value is -0.270. The van der Waals surface area contributed by atoms with Crippen molar-refractivity contribution in [2.75, 3.05) is 26.2 Å². The van der Waals surface area contributed by atoms with E-state index in [1.165, 1.54) is 0 Å². The van der Waals surface area contributed by atoms with Crippen LogP contribution in [0.2, 0.25) is 5.02 Å². The molecule has 0 unspecified atom stereocenters. The summed E-state index contributed by atoms with van der Waals surface area (Å²) in [5, 5.41) is 2.88. The summed E-state index contributed by atoms with van der Waals surface area (Å²) in [5.41, 5.74) is -1.87. The van der Waals surface area contributed by atoms with Gasteiger partial charge in [-0.25, -0.2) is 4.39 Å². The Morgan fingerprint density at radius 1 is 1.08 bits per heavy atom. The van der Waals surface area contributed by atoms with Crippen LogP contribution >= 0.6 is 36.4 Å². The number of nitrogens with one attached hydrogen (secondary N) is 1. The van der Waals surface area contributed by atoms with Crippen molar-refractivity contribution in [2.24, 2.45) is 5.41 Å². The van der Waals surface area contributed by atoms with Gasteiger partial charge < -0.3 is 5.32 Å². The largest absolute Gasteiger partial charge is 0.416 e. The van der Waals surface area contributed by atoms with E-state index in [2.05, 4.69) is 5.32 Å². The standard InChI is InChI=1S/C16H21ClF4N2.2ClH/c1-15(2,3)14(23-8-6-22-7-9-23)12-10(16(19,20)21)4-5-11(17)13(12)18;;/h4-5,14,22H,6-9H2,1-3H3;2*1H/t14-;;/m0../s1. The molecule has 1 N–H and O–H groups in total. The van der Waals surface area contributed by atoms with Gasteiger partial charge in [-0.15, -0.1) is 24.8 Å². The summed E-state index contributed by atoms with van der Waals surface area (Å²) in [6.45, 7) is 7.91. The monoisotopic (exact) mass is 424 g/mol. The predicted octanol–water partition coefficient (Wildman–Crippen LogP) is 5.33. The van der Waals surface area contributed by atoms with Gasteiger partial charge in [-0.3, -0.25) is 4.90 Å². The summed E-state index contributed by atoms with van der Waals surface area (Å²) < 4.78 is 55.0. The van der Waals surface area contributed by atoms with E-state index in [0.29, 0.717) is 26.2 Å². The number of piperazine rings is 1. The molecule has 1 heterocycles. The quantitative estimate of drug-likeness (QED) is 0.644. The van der Waals surface area contributed by atoms with Crippen molar-refractivity contribution in [3.8, 4) is 0 Å². The Morgan fingerprint density at radius 2 is 1.60 bits per heavy atom. The van der Waals surface area contributed by atoms with Crippen LogP contribution in [0.1, 0.15) is 37.9 Å². The smallest absolute Gasteiger partial charge is 0.314 e. The van der Waals surface area contributed by atoms with Crippen molar-refractivity contribution < 1.29 is 17.6 Å². The summed E-state index contributed by atoms with van der Waals surface area (Å²) >= 11 is 5.80. The lowest BCUT2D eigenvalue weighted by Gasteiger charge is -2.43. The van der Waals surface area contributed by atoms with Crippen molar-refractivity contribution in [3.63, 3.8) is 0 Å². The molecule has 1 aliphatic rings. The fraction of sp³-hybridized carbons (Fsp3) is 0.625. The molecule has 0 amide bonds. The molecule has 9 heteroatoms. The third kappa shape index (κ3) is 5.60.